The molecule has 2 aromatic heterocycles. The first-order valence-corrected chi connectivity index (χ1v) is 11.4. The minimum atomic E-state index is -0.394. The third-order valence-electron chi connectivity index (χ3n) is 5.74. The molecule has 1 fully saturated rings. The van der Waals surface area contributed by atoms with Crippen molar-refractivity contribution in [2.75, 3.05) is 44.3 Å². The molecule has 0 N–H and O–H groups in total. The molecule has 172 valence electrons. The largest absolute Gasteiger partial charge is 0.463 e. The number of aryl methyl sites for hydroxylation is 1. The summed E-state index contributed by atoms with van der Waals surface area (Å²) < 4.78 is 12.1. The summed E-state index contributed by atoms with van der Waals surface area (Å²) in [7, 11) is 0. The van der Waals surface area contributed by atoms with E-state index in [0.717, 1.165) is 28.9 Å². The lowest BCUT2D eigenvalue weighted by Crippen LogP contribution is -2.44. The Morgan fingerprint density at radius 3 is 2.73 bits per heavy atom. The van der Waals surface area contributed by atoms with E-state index >= 15 is 0 Å². The van der Waals surface area contributed by atoms with Gasteiger partial charge in [0.2, 0.25) is 5.43 Å². The number of anilines is 1. The molecule has 0 radical (unpaired) electrons. The number of para-hydroxylation sites is 2. The van der Waals surface area contributed by atoms with E-state index in [1.54, 1.807) is 29.2 Å². The summed E-state index contributed by atoms with van der Waals surface area (Å²) in [5.41, 5.74) is 2.08. The van der Waals surface area contributed by atoms with Crippen LogP contribution in [0.1, 0.15) is 15.9 Å². The van der Waals surface area contributed by atoms with Crippen molar-refractivity contribution in [2.45, 2.75) is 6.92 Å². The van der Waals surface area contributed by atoms with E-state index in [9.17, 15) is 9.59 Å². The third kappa shape index (κ3) is 4.65. The molecule has 0 bridgehead atoms. The van der Waals surface area contributed by atoms with Gasteiger partial charge in [0.15, 0.2) is 5.13 Å². The van der Waals surface area contributed by atoms with Gasteiger partial charge in [0.05, 0.1) is 28.8 Å². The smallest absolute Gasteiger partial charge is 0.267 e. The highest BCUT2D eigenvalue weighted by Gasteiger charge is 2.26. The highest BCUT2D eigenvalue weighted by Crippen LogP contribution is 2.31. The van der Waals surface area contributed by atoms with E-state index in [2.05, 4.69) is 4.90 Å². The summed E-state index contributed by atoms with van der Waals surface area (Å²) >= 11 is 1.46. The van der Waals surface area contributed by atoms with E-state index in [1.807, 2.05) is 25.1 Å². The van der Waals surface area contributed by atoms with Gasteiger partial charge in [-0.1, -0.05) is 35.6 Å². The molecule has 7 nitrogen and oxygen atoms in total. The molecular weight excluding hydrogens is 462 g/mol. The molecular formula is C24H24ClN3O4S. The predicted octanol–water partition coefficient (Wildman–Crippen LogP) is 4.11. The maximum absolute atomic E-state index is 13.6. The van der Waals surface area contributed by atoms with Crippen LogP contribution in [0.3, 0.4) is 0 Å². The lowest BCUT2D eigenvalue weighted by molar-refractivity contribution is 0.0391. The fraction of sp³-hybridized carbons (Fsp3) is 0.292. The van der Waals surface area contributed by atoms with Crippen molar-refractivity contribution in [3.63, 3.8) is 0 Å². The van der Waals surface area contributed by atoms with Crippen LogP contribution in [0.15, 0.2) is 57.9 Å². The summed E-state index contributed by atoms with van der Waals surface area (Å²) in [6.45, 7) is 6.10. The number of aromatic nitrogens is 1. The molecule has 5 rings (SSSR count). The Hall–Kier alpha value is -2.78. The van der Waals surface area contributed by atoms with Gasteiger partial charge in [0.25, 0.3) is 5.91 Å². The van der Waals surface area contributed by atoms with E-state index < -0.39 is 5.91 Å². The van der Waals surface area contributed by atoms with Crippen molar-refractivity contribution in [2.24, 2.45) is 0 Å². The van der Waals surface area contributed by atoms with E-state index in [-0.39, 0.29) is 23.4 Å². The Morgan fingerprint density at radius 1 is 1.15 bits per heavy atom. The number of hydrogen-bond acceptors (Lipinski definition) is 7. The number of fused-ring (bicyclic) bond motifs is 2. The zero-order valence-corrected chi connectivity index (χ0v) is 19.8. The number of halogens is 1. The molecule has 1 saturated heterocycles. The van der Waals surface area contributed by atoms with Crippen LogP contribution in [-0.2, 0) is 4.74 Å². The van der Waals surface area contributed by atoms with Crippen LogP contribution in [0.5, 0.6) is 0 Å². The van der Waals surface area contributed by atoms with Gasteiger partial charge in [-0.3, -0.25) is 19.4 Å². The summed E-state index contributed by atoms with van der Waals surface area (Å²) in [5.74, 6) is -0.394. The quantitative estimate of drug-likeness (QED) is 0.423. The van der Waals surface area contributed by atoms with Gasteiger partial charge >= 0.3 is 0 Å². The van der Waals surface area contributed by atoms with Crippen LogP contribution in [0.2, 0.25) is 0 Å². The summed E-state index contributed by atoms with van der Waals surface area (Å²) in [6, 6.07) is 12.9. The number of morpholine rings is 1. The van der Waals surface area contributed by atoms with Crippen molar-refractivity contribution in [1.29, 1.82) is 0 Å². The second kappa shape index (κ2) is 10.0. The SMILES string of the molecule is Cc1cccc2sc(N(CCN3CCOCC3)C(=O)c3coc4ccccc4c3=O)nc12.Cl. The number of rotatable bonds is 5. The molecule has 2 aromatic carbocycles. The van der Waals surface area contributed by atoms with Gasteiger partial charge < -0.3 is 9.15 Å². The lowest BCUT2D eigenvalue weighted by atomic mass is 10.1. The Bertz CT molecular complexity index is 1350. The Balaban J connectivity index is 0.00000259. The van der Waals surface area contributed by atoms with Gasteiger partial charge in [-0.25, -0.2) is 4.98 Å². The van der Waals surface area contributed by atoms with Gasteiger partial charge in [-0.15, -0.1) is 12.4 Å². The van der Waals surface area contributed by atoms with E-state index in [0.29, 0.717) is 42.4 Å². The highest BCUT2D eigenvalue weighted by molar-refractivity contribution is 7.22. The molecule has 9 heteroatoms. The molecule has 4 aromatic rings. The van der Waals surface area contributed by atoms with E-state index in [4.69, 9.17) is 14.1 Å². The first kappa shape index (κ1) is 23.4. The van der Waals surface area contributed by atoms with E-state index in [1.165, 1.54) is 17.6 Å². The van der Waals surface area contributed by atoms with Gasteiger partial charge in [-0.05, 0) is 30.7 Å². The molecule has 1 amide bonds. The summed E-state index contributed by atoms with van der Waals surface area (Å²) in [4.78, 5) is 35.3. The zero-order chi connectivity index (χ0) is 22.1. The maximum Gasteiger partial charge on any atom is 0.267 e. The van der Waals surface area contributed by atoms with Crippen molar-refractivity contribution in [1.82, 2.24) is 9.88 Å². The van der Waals surface area contributed by atoms with Gasteiger partial charge in [0.1, 0.15) is 17.4 Å². The molecule has 1 aliphatic heterocycles. The van der Waals surface area contributed by atoms with Crippen molar-refractivity contribution < 1.29 is 13.9 Å². The fourth-order valence-electron chi connectivity index (χ4n) is 3.91. The minimum absolute atomic E-state index is 0. The standard InChI is InChI=1S/C24H23N3O4S.ClH/c1-16-5-4-8-20-21(16)25-24(32-20)27(10-9-26-11-13-30-14-12-26)23(29)18-15-31-19-7-3-2-6-17(19)22(18)28;/h2-8,15H,9-14H2,1H3;1H. The van der Waals surface area contributed by atoms with Crippen LogP contribution in [0.25, 0.3) is 21.2 Å². The molecule has 3 heterocycles. The van der Waals surface area contributed by atoms with Crippen molar-refractivity contribution in [3.05, 3.63) is 70.1 Å². The monoisotopic (exact) mass is 485 g/mol. The molecule has 33 heavy (non-hydrogen) atoms. The topological polar surface area (TPSA) is 75.9 Å². The van der Waals surface area contributed by atoms with Crippen LogP contribution in [-0.4, -0.2) is 55.2 Å². The van der Waals surface area contributed by atoms with Crippen LogP contribution < -0.4 is 10.3 Å². The first-order valence-electron chi connectivity index (χ1n) is 10.6. The van der Waals surface area contributed by atoms with Crippen LogP contribution >= 0.6 is 23.7 Å². The van der Waals surface area contributed by atoms with Gasteiger partial charge in [0, 0.05) is 26.2 Å². The number of ether oxygens (including phenoxy) is 1. The first-order chi connectivity index (χ1) is 15.6. The average Bonchev–Trinajstić information content (AvgIpc) is 3.25. The van der Waals surface area contributed by atoms with Crippen molar-refractivity contribution in [3.8, 4) is 0 Å². The highest BCUT2D eigenvalue weighted by atomic mass is 35.5. The summed E-state index contributed by atoms with van der Waals surface area (Å²) in [6.07, 6.45) is 1.27. The number of hydrogen-bond donors (Lipinski definition) is 0. The normalized spacial score (nSPS) is 14.3. The molecule has 0 spiro atoms. The second-order valence-electron chi connectivity index (χ2n) is 7.80. The number of nitrogens with zero attached hydrogens (tertiary/aromatic N) is 3. The second-order valence-corrected chi connectivity index (χ2v) is 8.81. The average molecular weight is 486 g/mol. The molecule has 0 saturated carbocycles. The van der Waals surface area contributed by atoms with Crippen molar-refractivity contribution >= 4 is 56.0 Å². The fourth-order valence-corrected chi connectivity index (χ4v) is 4.98. The third-order valence-corrected chi connectivity index (χ3v) is 6.78. The maximum atomic E-state index is 13.6. The number of carbonyl (C=O) groups is 1. The number of carbonyl (C=O) groups excluding carboxylic acids is 1. The molecule has 0 aliphatic carbocycles. The Labute approximate surface area is 201 Å². The van der Waals surface area contributed by atoms with Gasteiger partial charge in [-0.2, -0.15) is 0 Å². The van der Waals surface area contributed by atoms with Crippen LogP contribution in [0.4, 0.5) is 5.13 Å². The number of thiazole rings is 1. The molecule has 0 atom stereocenters. The summed E-state index contributed by atoms with van der Waals surface area (Å²) in [5, 5.41) is 0.978. The Kier molecular flexibility index (Phi) is 7.09. The number of amides is 1. The lowest BCUT2D eigenvalue weighted by Gasteiger charge is -2.29. The molecule has 1 aliphatic rings. The van der Waals surface area contributed by atoms with Crippen LogP contribution in [0, 0.1) is 6.92 Å². The number of benzene rings is 2. The minimum Gasteiger partial charge on any atom is -0.463 e. The predicted molar refractivity (Wildman–Crippen MR) is 133 cm³/mol. The Morgan fingerprint density at radius 2 is 1.94 bits per heavy atom. The zero-order valence-electron chi connectivity index (χ0n) is 18.2. The molecule has 0 unspecified atom stereocenters.